The molecule has 25 heavy (non-hydrogen) atoms. The third-order valence-electron chi connectivity index (χ3n) is 3.23. The van der Waals surface area contributed by atoms with Gasteiger partial charge in [-0.15, -0.1) is 0 Å². The summed E-state index contributed by atoms with van der Waals surface area (Å²) >= 11 is 0. The van der Waals surface area contributed by atoms with Gasteiger partial charge in [0.1, 0.15) is 5.69 Å². The van der Waals surface area contributed by atoms with Crippen molar-refractivity contribution in [2.75, 3.05) is 6.26 Å². The summed E-state index contributed by atoms with van der Waals surface area (Å²) in [5.74, 6) is -0.816. The van der Waals surface area contributed by atoms with Crippen LogP contribution in [-0.4, -0.2) is 39.3 Å². The van der Waals surface area contributed by atoms with Gasteiger partial charge in [0.25, 0.3) is 5.69 Å². The van der Waals surface area contributed by atoms with Gasteiger partial charge in [0, 0.05) is 30.3 Å². The molecule has 128 valence electrons. The second-order valence-corrected chi connectivity index (χ2v) is 6.97. The first-order chi connectivity index (χ1) is 11.8. The Balaban J connectivity index is 2.00. The summed E-state index contributed by atoms with van der Waals surface area (Å²) in [5.41, 5.74) is 0.366. The van der Waals surface area contributed by atoms with E-state index in [1.807, 2.05) is 0 Å². The number of non-ortho nitro benzene ring substituents is 1. The van der Waals surface area contributed by atoms with Crippen molar-refractivity contribution in [1.82, 2.24) is 19.7 Å². The number of hydrogen-bond acceptors (Lipinski definition) is 7. The van der Waals surface area contributed by atoms with Crippen molar-refractivity contribution >= 4 is 15.5 Å². The summed E-state index contributed by atoms with van der Waals surface area (Å²) in [5, 5.41) is 14.3. The number of aromatic nitrogens is 4. The summed E-state index contributed by atoms with van der Waals surface area (Å²) < 4.78 is 38.3. The van der Waals surface area contributed by atoms with Crippen LogP contribution in [0.4, 0.5) is 10.1 Å². The highest BCUT2D eigenvalue weighted by Crippen LogP contribution is 2.22. The maximum atomic E-state index is 14.1. The predicted molar refractivity (Wildman–Crippen MR) is 84.3 cm³/mol. The molecule has 0 saturated carbocycles. The van der Waals surface area contributed by atoms with Crippen LogP contribution in [0.1, 0.15) is 0 Å². The lowest BCUT2D eigenvalue weighted by molar-refractivity contribution is -0.385. The Bertz CT molecular complexity index is 1080. The van der Waals surface area contributed by atoms with E-state index < -0.39 is 20.6 Å². The van der Waals surface area contributed by atoms with Crippen molar-refractivity contribution in [3.63, 3.8) is 0 Å². The van der Waals surface area contributed by atoms with Gasteiger partial charge >= 0.3 is 0 Å². The number of hydrogen-bond donors (Lipinski definition) is 0. The maximum Gasteiger partial charge on any atom is 0.272 e. The Morgan fingerprint density at radius 3 is 2.68 bits per heavy atom. The first-order valence-corrected chi connectivity index (χ1v) is 8.67. The fourth-order valence-electron chi connectivity index (χ4n) is 2.06. The van der Waals surface area contributed by atoms with E-state index in [1.54, 1.807) is 0 Å². The monoisotopic (exact) mass is 363 g/mol. The van der Waals surface area contributed by atoms with E-state index in [0.29, 0.717) is 11.3 Å². The number of benzene rings is 1. The lowest BCUT2D eigenvalue weighted by Crippen LogP contribution is -2.04. The first kappa shape index (κ1) is 16.6. The molecule has 0 aliphatic heterocycles. The number of rotatable bonds is 4. The van der Waals surface area contributed by atoms with Crippen LogP contribution in [0, 0.1) is 15.9 Å². The summed E-state index contributed by atoms with van der Waals surface area (Å²) in [7, 11) is -3.57. The molecule has 9 nitrogen and oxygen atoms in total. The van der Waals surface area contributed by atoms with E-state index in [0.717, 1.165) is 18.4 Å². The first-order valence-electron chi connectivity index (χ1n) is 6.78. The third-order valence-corrected chi connectivity index (χ3v) is 4.09. The predicted octanol–water partition coefficient (Wildman–Crippen LogP) is 1.78. The zero-order chi connectivity index (χ0) is 18.2. The Morgan fingerprint density at radius 2 is 2.04 bits per heavy atom. The quantitative estimate of drug-likeness (QED) is 0.393. The average Bonchev–Trinajstić information content (AvgIpc) is 3.03. The van der Waals surface area contributed by atoms with E-state index in [1.165, 1.54) is 35.4 Å². The van der Waals surface area contributed by atoms with Crippen molar-refractivity contribution in [2.24, 2.45) is 0 Å². The largest absolute Gasteiger partial charge is 0.272 e. The molecule has 0 radical (unpaired) electrons. The molecule has 1 aromatic carbocycles. The van der Waals surface area contributed by atoms with Gasteiger partial charge in [-0.05, 0) is 12.1 Å². The van der Waals surface area contributed by atoms with Crippen LogP contribution in [0.15, 0.2) is 48.0 Å². The summed E-state index contributed by atoms with van der Waals surface area (Å²) in [6.07, 6.45) is 5.08. The SMILES string of the molecule is CS(=O)(=O)c1nccc(-c2cnn(-c3ccc([N+](=O)[O-])cc3F)c2)n1. The smallest absolute Gasteiger partial charge is 0.258 e. The van der Waals surface area contributed by atoms with Crippen molar-refractivity contribution in [3.05, 3.63) is 58.8 Å². The molecule has 0 aliphatic rings. The van der Waals surface area contributed by atoms with Gasteiger partial charge < -0.3 is 0 Å². The molecular formula is C14H10FN5O4S. The highest BCUT2D eigenvalue weighted by atomic mass is 32.2. The summed E-state index contributed by atoms with van der Waals surface area (Å²) in [6.45, 7) is 0. The maximum absolute atomic E-state index is 14.1. The zero-order valence-corrected chi connectivity index (χ0v) is 13.5. The van der Waals surface area contributed by atoms with Crippen LogP contribution >= 0.6 is 0 Å². The minimum Gasteiger partial charge on any atom is -0.258 e. The van der Waals surface area contributed by atoms with E-state index in [9.17, 15) is 22.9 Å². The van der Waals surface area contributed by atoms with E-state index in [4.69, 9.17) is 0 Å². The number of nitrogens with zero attached hydrogens (tertiary/aromatic N) is 5. The molecule has 0 bridgehead atoms. The topological polar surface area (TPSA) is 121 Å². The Hall–Kier alpha value is -3.21. The van der Waals surface area contributed by atoms with Crippen LogP contribution in [0.2, 0.25) is 0 Å². The van der Waals surface area contributed by atoms with Crippen molar-refractivity contribution in [1.29, 1.82) is 0 Å². The van der Waals surface area contributed by atoms with Gasteiger partial charge in [0.05, 0.1) is 22.9 Å². The second-order valence-electron chi connectivity index (χ2n) is 5.06. The minimum atomic E-state index is -3.57. The lowest BCUT2D eigenvalue weighted by atomic mass is 10.2. The van der Waals surface area contributed by atoms with Crippen LogP contribution in [0.3, 0.4) is 0 Å². The number of nitro groups is 1. The molecule has 3 aromatic rings. The van der Waals surface area contributed by atoms with Crippen LogP contribution < -0.4 is 0 Å². The van der Waals surface area contributed by atoms with Gasteiger partial charge in [-0.1, -0.05) is 0 Å². The molecule has 11 heteroatoms. The van der Waals surface area contributed by atoms with Crippen LogP contribution in [0.25, 0.3) is 16.9 Å². The summed E-state index contributed by atoms with van der Waals surface area (Å²) in [4.78, 5) is 17.6. The highest BCUT2D eigenvalue weighted by Gasteiger charge is 2.15. The molecule has 0 aliphatic carbocycles. The van der Waals surface area contributed by atoms with E-state index >= 15 is 0 Å². The Morgan fingerprint density at radius 1 is 1.28 bits per heavy atom. The van der Waals surface area contributed by atoms with E-state index in [-0.39, 0.29) is 16.5 Å². The molecule has 0 atom stereocenters. The molecule has 0 saturated heterocycles. The molecule has 2 aromatic heterocycles. The highest BCUT2D eigenvalue weighted by molar-refractivity contribution is 7.90. The Labute approximate surface area is 140 Å². The van der Waals surface area contributed by atoms with Crippen LogP contribution in [-0.2, 0) is 9.84 Å². The molecule has 0 spiro atoms. The Kier molecular flexibility index (Phi) is 4.00. The number of nitro benzene ring substituents is 1. The second kappa shape index (κ2) is 6.02. The van der Waals surface area contributed by atoms with Gasteiger partial charge in [-0.2, -0.15) is 5.10 Å². The fourth-order valence-corrected chi connectivity index (χ4v) is 2.58. The third kappa shape index (κ3) is 3.35. The normalized spacial score (nSPS) is 11.4. The number of sulfone groups is 1. The van der Waals surface area contributed by atoms with Crippen LogP contribution in [0.5, 0.6) is 0 Å². The standard InChI is InChI=1S/C14H10FN5O4S/c1-25(23,24)14-16-5-4-12(18-14)9-7-17-19(8-9)13-3-2-10(20(21)22)6-11(13)15/h2-8H,1H3. The van der Waals surface area contributed by atoms with E-state index in [2.05, 4.69) is 15.1 Å². The molecule has 0 fully saturated rings. The fraction of sp³-hybridized carbons (Fsp3) is 0.0714. The lowest BCUT2D eigenvalue weighted by Gasteiger charge is -2.03. The van der Waals surface area contributed by atoms with Crippen molar-refractivity contribution in [2.45, 2.75) is 5.16 Å². The van der Waals surface area contributed by atoms with Gasteiger partial charge in [-0.25, -0.2) is 27.5 Å². The van der Waals surface area contributed by atoms with Gasteiger partial charge in [-0.3, -0.25) is 10.1 Å². The molecule has 2 heterocycles. The van der Waals surface area contributed by atoms with Gasteiger partial charge in [0.2, 0.25) is 15.0 Å². The molecule has 0 amide bonds. The molecule has 0 N–H and O–H groups in total. The minimum absolute atomic E-state index is 0.00856. The summed E-state index contributed by atoms with van der Waals surface area (Å²) in [6, 6.07) is 4.67. The van der Waals surface area contributed by atoms with Gasteiger partial charge in [0.15, 0.2) is 5.82 Å². The molecular weight excluding hydrogens is 353 g/mol. The average molecular weight is 363 g/mol. The molecule has 0 unspecified atom stereocenters. The number of halogens is 1. The molecule has 3 rings (SSSR count). The zero-order valence-electron chi connectivity index (χ0n) is 12.7. The van der Waals surface area contributed by atoms with Crippen molar-refractivity contribution in [3.8, 4) is 16.9 Å². The van der Waals surface area contributed by atoms with Crippen molar-refractivity contribution < 1.29 is 17.7 Å².